The Kier molecular flexibility index (Phi) is 14.1. The van der Waals surface area contributed by atoms with Crippen LogP contribution in [0.3, 0.4) is 0 Å². The monoisotopic (exact) mass is 676 g/mol. The minimum Gasteiger partial charge on any atom is -0.465 e. The summed E-state index contributed by atoms with van der Waals surface area (Å²) in [5.74, 6) is -9.95. The lowest BCUT2D eigenvalue weighted by molar-refractivity contribution is -0.323. The maximum absolute atomic E-state index is 12.4. The van der Waals surface area contributed by atoms with E-state index >= 15 is 0 Å². The third kappa shape index (κ3) is 11.5. The van der Waals surface area contributed by atoms with Gasteiger partial charge in [-0.3, -0.25) is 38.4 Å². The van der Waals surface area contributed by atoms with Crippen LogP contribution in [-0.2, 0) is 85.7 Å². The molecule has 9 atom stereocenters. The Labute approximate surface area is 269 Å². The molecule has 18 heteroatoms. The summed E-state index contributed by atoms with van der Waals surface area (Å²) in [6.07, 6.45) is -10.7. The van der Waals surface area contributed by atoms with Gasteiger partial charge < -0.3 is 47.4 Å². The highest BCUT2D eigenvalue weighted by atomic mass is 16.8. The molecule has 2 fully saturated rings. The van der Waals surface area contributed by atoms with Crippen LogP contribution >= 0.6 is 0 Å². The van der Waals surface area contributed by atoms with Crippen molar-refractivity contribution < 1.29 is 85.7 Å². The van der Waals surface area contributed by atoms with Gasteiger partial charge in [0.05, 0.1) is 6.61 Å². The standard InChI is InChI=1S/C29H40O18/c1-13(30)38-10-21-9-22(25(42-17(5)34)27(44-19(7)36)24(21)41-16(4)33)46-29(12-40-15(3)32)28(45-20(8)37)26(43-18(6)35)23(47-29)11-39-14(2)31/h21-28H,9-12H2,1-8H3/t21?,22?,23?,24?,25?,26?,27?,28?,29-/m1/s1. The second-order valence-corrected chi connectivity index (χ2v) is 10.8. The van der Waals surface area contributed by atoms with Crippen molar-refractivity contribution in [1.82, 2.24) is 0 Å². The molecule has 0 spiro atoms. The van der Waals surface area contributed by atoms with E-state index in [0.29, 0.717) is 0 Å². The van der Waals surface area contributed by atoms with E-state index < -0.39 is 122 Å². The molecule has 2 rings (SSSR count). The van der Waals surface area contributed by atoms with Crippen LogP contribution < -0.4 is 0 Å². The molecule has 47 heavy (non-hydrogen) atoms. The van der Waals surface area contributed by atoms with E-state index in [1.807, 2.05) is 0 Å². The van der Waals surface area contributed by atoms with E-state index in [1.165, 1.54) is 0 Å². The molecule has 264 valence electrons. The van der Waals surface area contributed by atoms with Gasteiger partial charge in [0.15, 0.2) is 24.4 Å². The molecule has 0 bridgehead atoms. The molecular weight excluding hydrogens is 636 g/mol. The van der Waals surface area contributed by atoms with E-state index in [1.54, 1.807) is 0 Å². The smallest absolute Gasteiger partial charge is 0.303 e. The number of hydrogen-bond donors (Lipinski definition) is 0. The van der Waals surface area contributed by atoms with Crippen LogP contribution in [0.15, 0.2) is 0 Å². The summed E-state index contributed by atoms with van der Waals surface area (Å²) in [5, 5.41) is 0. The lowest BCUT2D eigenvalue weighted by atomic mass is 9.80. The van der Waals surface area contributed by atoms with Gasteiger partial charge in [0.25, 0.3) is 0 Å². The lowest BCUT2D eigenvalue weighted by Crippen LogP contribution is -2.63. The summed E-state index contributed by atoms with van der Waals surface area (Å²) >= 11 is 0. The minimum absolute atomic E-state index is 0.258. The molecule has 2 aliphatic rings. The number of carbonyl (C=O) groups excluding carboxylic acids is 8. The van der Waals surface area contributed by atoms with Gasteiger partial charge in [0.1, 0.15) is 31.5 Å². The third-order valence-electron chi connectivity index (χ3n) is 6.74. The summed E-state index contributed by atoms with van der Waals surface area (Å²) in [5.41, 5.74) is 0. The van der Waals surface area contributed by atoms with Gasteiger partial charge in [-0.2, -0.15) is 0 Å². The van der Waals surface area contributed by atoms with E-state index in [4.69, 9.17) is 47.4 Å². The van der Waals surface area contributed by atoms with Crippen molar-refractivity contribution >= 4 is 47.8 Å². The van der Waals surface area contributed by atoms with Crippen molar-refractivity contribution in [1.29, 1.82) is 0 Å². The first-order chi connectivity index (χ1) is 21.8. The fourth-order valence-corrected chi connectivity index (χ4v) is 5.28. The Balaban J connectivity index is 2.78. The molecule has 0 aromatic carbocycles. The molecule has 1 saturated carbocycles. The van der Waals surface area contributed by atoms with Crippen molar-refractivity contribution in [3.63, 3.8) is 0 Å². The van der Waals surface area contributed by atoms with Gasteiger partial charge in [-0.15, -0.1) is 0 Å². The summed E-state index contributed by atoms with van der Waals surface area (Å²) in [4.78, 5) is 96.7. The van der Waals surface area contributed by atoms with Gasteiger partial charge in [0.2, 0.25) is 5.79 Å². The molecule has 18 nitrogen and oxygen atoms in total. The number of rotatable bonds is 13. The highest BCUT2D eigenvalue weighted by Crippen LogP contribution is 2.43. The largest absolute Gasteiger partial charge is 0.465 e. The molecule has 1 aliphatic carbocycles. The van der Waals surface area contributed by atoms with Crippen LogP contribution in [0.25, 0.3) is 0 Å². The van der Waals surface area contributed by atoms with Crippen LogP contribution in [0.1, 0.15) is 61.8 Å². The van der Waals surface area contributed by atoms with Crippen molar-refractivity contribution in [3.8, 4) is 0 Å². The molecule has 1 heterocycles. The molecule has 0 aromatic rings. The SMILES string of the molecule is CC(=O)OCC1CC(O[C@]2(COC(C)=O)OC(COC(C)=O)C(OC(C)=O)C2OC(C)=O)C(OC(C)=O)C(OC(C)=O)C1OC(C)=O. The molecular formula is C29H40O18. The third-order valence-corrected chi connectivity index (χ3v) is 6.74. The van der Waals surface area contributed by atoms with E-state index in [2.05, 4.69) is 0 Å². The molecule has 0 N–H and O–H groups in total. The predicted molar refractivity (Wildman–Crippen MR) is 148 cm³/mol. The minimum atomic E-state index is -2.35. The molecule has 1 aliphatic heterocycles. The average molecular weight is 677 g/mol. The normalized spacial score (nSPS) is 29.8. The van der Waals surface area contributed by atoms with Gasteiger partial charge >= 0.3 is 47.8 Å². The first kappa shape index (κ1) is 38.9. The van der Waals surface area contributed by atoms with Gasteiger partial charge in [0, 0.05) is 61.3 Å². The van der Waals surface area contributed by atoms with E-state index in [0.717, 1.165) is 55.4 Å². The molecule has 1 saturated heterocycles. The second-order valence-electron chi connectivity index (χ2n) is 10.8. The fourth-order valence-electron chi connectivity index (χ4n) is 5.28. The van der Waals surface area contributed by atoms with Gasteiger partial charge in [-0.1, -0.05) is 0 Å². The number of carbonyl (C=O) groups is 8. The quantitative estimate of drug-likeness (QED) is 0.182. The zero-order valence-electron chi connectivity index (χ0n) is 27.3. The first-order valence-corrected chi connectivity index (χ1v) is 14.5. The van der Waals surface area contributed by atoms with Crippen molar-refractivity contribution in [2.24, 2.45) is 5.92 Å². The molecule has 0 aromatic heterocycles. The first-order valence-electron chi connectivity index (χ1n) is 14.5. The Hall–Kier alpha value is -4.32. The number of hydrogen-bond acceptors (Lipinski definition) is 18. The highest BCUT2D eigenvalue weighted by Gasteiger charge is 2.64. The maximum Gasteiger partial charge on any atom is 0.303 e. The van der Waals surface area contributed by atoms with E-state index in [9.17, 15) is 38.4 Å². The fraction of sp³-hybridized carbons (Fsp3) is 0.724. The van der Waals surface area contributed by atoms with Gasteiger partial charge in [-0.05, 0) is 6.42 Å². The summed E-state index contributed by atoms with van der Waals surface area (Å²) in [6, 6.07) is 0. The maximum atomic E-state index is 12.4. The van der Waals surface area contributed by atoms with Crippen LogP contribution in [-0.4, -0.2) is 116 Å². The van der Waals surface area contributed by atoms with Crippen LogP contribution in [0.4, 0.5) is 0 Å². The summed E-state index contributed by atoms with van der Waals surface area (Å²) < 4.78 is 55.4. The average Bonchev–Trinajstić information content (AvgIpc) is 3.18. The Morgan fingerprint density at radius 1 is 0.532 bits per heavy atom. The van der Waals surface area contributed by atoms with Crippen LogP contribution in [0, 0.1) is 5.92 Å². The van der Waals surface area contributed by atoms with E-state index in [-0.39, 0.29) is 6.42 Å². The summed E-state index contributed by atoms with van der Waals surface area (Å²) in [6.45, 7) is 6.78. The Bertz CT molecular complexity index is 1210. The Morgan fingerprint density at radius 3 is 1.47 bits per heavy atom. The van der Waals surface area contributed by atoms with Crippen LogP contribution in [0.2, 0.25) is 0 Å². The highest BCUT2D eigenvalue weighted by molar-refractivity contribution is 5.70. The number of esters is 8. The second kappa shape index (κ2) is 17.0. The van der Waals surface area contributed by atoms with Crippen LogP contribution in [0.5, 0.6) is 0 Å². The van der Waals surface area contributed by atoms with Crippen molar-refractivity contribution in [2.75, 3.05) is 19.8 Å². The zero-order valence-corrected chi connectivity index (χ0v) is 27.3. The lowest BCUT2D eigenvalue weighted by Gasteiger charge is -2.46. The van der Waals surface area contributed by atoms with Crippen molar-refractivity contribution in [3.05, 3.63) is 0 Å². The zero-order chi connectivity index (χ0) is 35.6. The summed E-state index contributed by atoms with van der Waals surface area (Å²) in [7, 11) is 0. The van der Waals surface area contributed by atoms with Crippen molar-refractivity contribution in [2.45, 2.75) is 110 Å². The molecule has 0 amide bonds. The van der Waals surface area contributed by atoms with Gasteiger partial charge in [-0.25, -0.2) is 0 Å². The number of ether oxygens (including phenoxy) is 10. The topological polar surface area (TPSA) is 229 Å². The Morgan fingerprint density at radius 2 is 0.979 bits per heavy atom. The molecule has 0 radical (unpaired) electrons. The molecule has 8 unspecified atom stereocenters. The predicted octanol–water partition coefficient (Wildman–Crippen LogP) is -0.166.